The number of aliphatic carboxylic acids is 1. The number of benzene rings is 2. The Morgan fingerprint density at radius 3 is 2.39 bits per heavy atom. The molecule has 2 N–H and O–H groups in total. The van der Waals surface area contributed by atoms with Crippen LogP contribution in [0, 0.1) is 13.8 Å². The molecule has 2 aromatic rings. The van der Waals surface area contributed by atoms with Gasteiger partial charge in [-0.1, -0.05) is 36.4 Å². The van der Waals surface area contributed by atoms with E-state index in [1.807, 2.05) is 62.4 Å². The number of aryl methyl sites for hydroxylation is 2. The zero-order valence-electron chi connectivity index (χ0n) is 13.1. The molecule has 0 bridgehead atoms. The number of hydrogen-bond acceptors (Lipinski definition) is 3. The van der Waals surface area contributed by atoms with Crippen molar-refractivity contribution in [3.8, 4) is 0 Å². The van der Waals surface area contributed by atoms with Crippen molar-refractivity contribution in [2.75, 3.05) is 11.1 Å². The first-order valence-electron chi connectivity index (χ1n) is 7.24. The van der Waals surface area contributed by atoms with E-state index in [-0.39, 0.29) is 11.7 Å². The average Bonchev–Trinajstić information content (AvgIpc) is 2.52. The Morgan fingerprint density at radius 2 is 1.78 bits per heavy atom. The minimum absolute atomic E-state index is 0.125. The largest absolute Gasteiger partial charge is 0.481 e. The van der Waals surface area contributed by atoms with Gasteiger partial charge >= 0.3 is 5.97 Å². The van der Waals surface area contributed by atoms with Gasteiger partial charge in [-0.05, 0) is 42.7 Å². The van der Waals surface area contributed by atoms with Crippen LogP contribution in [0.3, 0.4) is 0 Å². The van der Waals surface area contributed by atoms with E-state index in [0.717, 1.165) is 34.1 Å². The number of carbonyl (C=O) groups excluding carboxylic acids is 1. The van der Waals surface area contributed by atoms with Crippen LogP contribution in [-0.2, 0) is 9.59 Å². The van der Waals surface area contributed by atoms with E-state index < -0.39 is 11.2 Å². The van der Waals surface area contributed by atoms with E-state index in [4.69, 9.17) is 5.11 Å². The van der Waals surface area contributed by atoms with Crippen LogP contribution < -0.4 is 5.32 Å². The first-order valence-corrected chi connectivity index (χ1v) is 8.28. The fourth-order valence-corrected chi connectivity index (χ4v) is 3.00. The van der Waals surface area contributed by atoms with Crippen LogP contribution >= 0.6 is 11.8 Å². The predicted octanol–water partition coefficient (Wildman–Crippen LogP) is 3.80. The zero-order chi connectivity index (χ0) is 16.8. The molecule has 0 aliphatic carbocycles. The van der Waals surface area contributed by atoms with Crippen LogP contribution in [0.1, 0.15) is 21.9 Å². The van der Waals surface area contributed by atoms with Gasteiger partial charge in [-0.25, -0.2) is 0 Å². The SMILES string of the molecule is Cc1ccc(NC(=O)[C@@H](SCC(=O)O)c2ccccc2)cc1C. The third-order valence-electron chi connectivity index (χ3n) is 3.49. The molecule has 1 atom stereocenters. The number of hydrogen-bond donors (Lipinski definition) is 2. The Balaban J connectivity index is 2.18. The molecule has 0 saturated carbocycles. The number of nitrogens with one attached hydrogen (secondary N) is 1. The molecular weight excluding hydrogens is 310 g/mol. The number of thioether (sulfide) groups is 1. The summed E-state index contributed by atoms with van der Waals surface area (Å²) < 4.78 is 0. The first-order chi connectivity index (χ1) is 11.0. The standard InChI is InChI=1S/C18H19NO3S/c1-12-8-9-15(10-13(12)2)19-18(22)17(23-11-16(20)21)14-6-4-3-5-7-14/h3-10,17H,11H2,1-2H3,(H,19,22)(H,20,21)/t17-/m0/s1. The fraction of sp³-hybridized carbons (Fsp3) is 0.222. The van der Waals surface area contributed by atoms with E-state index in [0.29, 0.717) is 0 Å². The molecule has 0 radical (unpaired) electrons. The molecule has 0 unspecified atom stereocenters. The molecule has 2 rings (SSSR count). The molecule has 0 heterocycles. The third-order valence-corrected chi connectivity index (χ3v) is 4.72. The summed E-state index contributed by atoms with van der Waals surface area (Å²) in [5, 5.41) is 11.2. The second kappa shape index (κ2) is 7.83. The summed E-state index contributed by atoms with van der Waals surface area (Å²) in [6, 6.07) is 14.9. The van der Waals surface area contributed by atoms with Crippen molar-refractivity contribution >= 4 is 29.3 Å². The molecule has 23 heavy (non-hydrogen) atoms. The van der Waals surface area contributed by atoms with Crippen molar-refractivity contribution in [2.24, 2.45) is 0 Å². The Labute approximate surface area is 139 Å². The lowest BCUT2D eigenvalue weighted by Crippen LogP contribution is -2.20. The van der Waals surface area contributed by atoms with Crippen LogP contribution in [0.25, 0.3) is 0 Å². The van der Waals surface area contributed by atoms with Gasteiger partial charge in [0.15, 0.2) is 0 Å². The van der Waals surface area contributed by atoms with Gasteiger partial charge in [-0.2, -0.15) is 0 Å². The van der Waals surface area contributed by atoms with Gasteiger partial charge in [0.05, 0.1) is 5.75 Å². The maximum Gasteiger partial charge on any atom is 0.313 e. The molecule has 0 aromatic heterocycles. The second-order valence-electron chi connectivity index (χ2n) is 5.28. The van der Waals surface area contributed by atoms with Gasteiger partial charge in [0.25, 0.3) is 0 Å². The zero-order valence-corrected chi connectivity index (χ0v) is 13.9. The minimum Gasteiger partial charge on any atom is -0.481 e. The molecule has 120 valence electrons. The van der Waals surface area contributed by atoms with Crippen molar-refractivity contribution < 1.29 is 14.7 Å². The van der Waals surface area contributed by atoms with Crippen LogP contribution in [0.15, 0.2) is 48.5 Å². The van der Waals surface area contributed by atoms with Crippen molar-refractivity contribution in [2.45, 2.75) is 19.1 Å². The van der Waals surface area contributed by atoms with E-state index in [2.05, 4.69) is 5.32 Å². The highest BCUT2D eigenvalue weighted by Gasteiger charge is 2.22. The summed E-state index contributed by atoms with van der Waals surface area (Å²) in [7, 11) is 0. The number of carboxylic acid groups (broad SMARTS) is 1. The lowest BCUT2D eigenvalue weighted by atomic mass is 10.1. The van der Waals surface area contributed by atoms with Crippen LogP contribution in [0.5, 0.6) is 0 Å². The van der Waals surface area contributed by atoms with Gasteiger partial charge < -0.3 is 10.4 Å². The van der Waals surface area contributed by atoms with Crippen molar-refractivity contribution in [1.29, 1.82) is 0 Å². The maximum atomic E-state index is 12.6. The molecule has 2 aromatic carbocycles. The Kier molecular flexibility index (Phi) is 5.82. The Morgan fingerprint density at radius 1 is 1.09 bits per heavy atom. The van der Waals surface area contributed by atoms with Crippen LogP contribution in [-0.4, -0.2) is 22.7 Å². The molecule has 0 aliphatic heterocycles. The third kappa shape index (κ3) is 4.86. The highest BCUT2D eigenvalue weighted by molar-refractivity contribution is 8.00. The quantitative estimate of drug-likeness (QED) is 0.846. The van der Waals surface area contributed by atoms with Gasteiger partial charge in [-0.15, -0.1) is 11.8 Å². The highest BCUT2D eigenvalue weighted by Crippen LogP contribution is 2.30. The minimum atomic E-state index is -0.935. The van der Waals surface area contributed by atoms with Crippen molar-refractivity contribution in [3.63, 3.8) is 0 Å². The molecule has 0 saturated heterocycles. The molecule has 0 fully saturated rings. The summed E-state index contributed by atoms with van der Waals surface area (Å²) in [6.07, 6.45) is 0. The normalized spacial score (nSPS) is 11.7. The smallest absolute Gasteiger partial charge is 0.313 e. The summed E-state index contributed by atoms with van der Waals surface area (Å²) >= 11 is 1.11. The van der Waals surface area contributed by atoms with Gasteiger partial charge in [-0.3, -0.25) is 9.59 Å². The van der Waals surface area contributed by atoms with Gasteiger partial charge in [0.2, 0.25) is 5.91 Å². The Hall–Kier alpha value is -2.27. The summed E-state index contributed by atoms with van der Waals surface area (Å²) in [6.45, 7) is 4.00. The monoisotopic (exact) mass is 329 g/mol. The highest BCUT2D eigenvalue weighted by atomic mass is 32.2. The molecule has 4 nitrogen and oxygen atoms in total. The Bertz CT molecular complexity index is 701. The fourth-order valence-electron chi connectivity index (χ4n) is 2.13. The predicted molar refractivity (Wildman–Crippen MR) is 93.8 cm³/mol. The van der Waals surface area contributed by atoms with Crippen LogP contribution in [0.4, 0.5) is 5.69 Å². The number of amides is 1. The van der Waals surface area contributed by atoms with Crippen LogP contribution in [0.2, 0.25) is 0 Å². The first kappa shape index (κ1) is 17.1. The number of carboxylic acids is 1. The summed E-state index contributed by atoms with van der Waals surface area (Å²) in [5.41, 5.74) is 3.76. The topological polar surface area (TPSA) is 66.4 Å². The molecule has 0 aliphatic rings. The lowest BCUT2D eigenvalue weighted by molar-refractivity contribution is -0.133. The van der Waals surface area contributed by atoms with Gasteiger partial charge in [0, 0.05) is 5.69 Å². The van der Waals surface area contributed by atoms with Crippen molar-refractivity contribution in [1.82, 2.24) is 0 Å². The maximum absolute atomic E-state index is 12.6. The van der Waals surface area contributed by atoms with E-state index in [1.54, 1.807) is 0 Å². The summed E-state index contributed by atoms with van der Waals surface area (Å²) in [5.74, 6) is -1.28. The second-order valence-corrected chi connectivity index (χ2v) is 6.38. The van der Waals surface area contributed by atoms with E-state index >= 15 is 0 Å². The molecule has 0 spiro atoms. The van der Waals surface area contributed by atoms with E-state index in [1.165, 1.54) is 0 Å². The molecule has 5 heteroatoms. The molecular formula is C18H19NO3S. The van der Waals surface area contributed by atoms with Gasteiger partial charge in [0.1, 0.15) is 5.25 Å². The summed E-state index contributed by atoms with van der Waals surface area (Å²) in [4.78, 5) is 23.4. The van der Waals surface area contributed by atoms with E-state index in [9.17, 15) is 9.59 Å². The number of rotatable bonds is 6. The number of anilines is 1. The lowest BCUT2D eigenvalue weighted by Gasteiger charge is -2.16. The van der Waals surface area contributed by atoms with Crippen molar-refractivity contribution in [3.05, 3.63) is 65.2 Å². The number of carbonyl (C=O) groups is 2. The molecule has 1 amide bonds. The average molecular weight is 329 g/mol.